The van der Waals surface area contributed by atoms with Gasteiger partial charge in [-0.05, 0) is 50.8 Å². The molecule has 1 aliphatic rings. The first-order chi connectivity index (χ1) is 20.5. The van der Waals surface area contributed by atoms with E-state index < -0.39 is 53.5 Å². The molecule has 11 heteroatoms. The van der Waals surface area contributed by atoms with Crippen molar-refractivity contribution >= 4 is 23.7 Å². The molecule has 2 aromatic rings. The predicted molar refractivity (Wildman–Crippen MR) is 163 cm³/mol. The van der Waals surface area contributed by atoms with E-state index in [0.717, 1.165) is 17.5 Å². The summed E-state index contributed by atoms with van der Waals surface area (Å²) in [7, 11) is 0. The maximum absolute atomic E-state index is 13.7. The van der Waals surface area contributed by atoms with E-state index >= 15 is 0 Å². The van der Waals surface area contributed by atoms with Gasteiger partial charge in [-0.15, -0.1) is 0 Å². The molecule has 11 nitrogen and oxygen atoms in total. The van der Waals surface area contributed by atoms with Crippen LogP contribution in [-0.4, -0.2) is 71.7 Å². The molecule has 5 atom stereocenters. The number of amides is 3. The number of nitrogens with one attached hydrogen (secondary N) is 4. The number of hydrogen-bond donors (Lipinski definition) is 6. The third-order valence-corrected chi connectivity index (χ3v) is 7.80. The summed E-state index contributed by atoms with van der Waals surface area (Å²) in [6, 6.07) is 16.2. The zero-order valence-electron chi connectivity index (χ0n) is 25.2. The average molecular weight is 596 g/mol. The number of carbonyl (C=O) groups is 4. The molecule has 1 fully saturated rings. The Kier molecular flexibility index (Phi) is 12.7. The molecule has 1 heterocycles. The van der Waals surface area contributed by atoms with Gasteiger partial charge >= 0.3 is 6.09 Å². The lowest BCUT2D eigenvalue weighted by Crippen LogP contribution is -2.56. The number of ether oxygens (including phenoxy) is 1. The van der Waals surface area contributed by atoms with Crippen LogP contribution in [0.3, 0.4) is 0 Å². The fourth-order valence-electron chi connectivity index (χ4n) is 5.01. The molecule has 1 aliphatic heterocycles. The van der Waals surface area contributed by atoms with Crippen molar-refractivity contribution in [3.63, 3.8) is 0 Å². The van der Waals surface area contributed by atoms with Gasteiger partial charge in [0.2, 0.25) is 11.8 Å². The molecule has 0 spiro atoms. The molecule has 1 saturated heterocycles. The second kappa shape index (κ2) is 16.2. The van der Waals surface area contributed by atoms with Crippen LogP contribution in [0.25, 0.3) is 0 Å². The Morgan fingerprint density at radius 1 is 1.05 bits per heavy atom. The Morgan fingerprint density at radius 3 is 2.28 bits per heavy atom. The fraction of sp³-hybridized carbons (Fsp3) is 0.500. The van der Waals surface area contributed by atoms with Crippen molar-refractivity contribution in [2.75, 3.05) is 13.1 Å². The summed E-state index contributed by atoms with van der Waals surface area (Å²) in [5.41, 5.74) is 6.69. The first-order valence-electron chi connectivity index (χ1n) is 14.8. The molecular weight excluding hydrogens is 550 g/mol. The average Bonchev–Trinajstić information content (AvgIpc) is 3.48. The predicted octanol–water partition coefficient (Wildman–Crippen LogP) is 1.57. The van der Waals surface area contributed by atoms with E-state index in [1.807, 2.05) is 81.4 Å². The first-order valence-corrected chi connectivity index (χ1v) is 14.8. The van der Waals surface area contributed by atoms with Gasteiger partial charge in [0.25, 0.3) is 0 Å². The van der Waals surface area contributed by atoms with Crippen LogP contribution in [0.15, 0.2) is 60.7 Å². The molecule has 0 bridgehead atoms. The van der Waals surface area contributed by atoms with Crippen LogP contribution in [-0.2, 0) is 32.1 Å². The van der Waals surface area contributed by atoms with Gasteiger partial charge in [0, 0.05) is 30.5 Å². The highest BCUT2D eigenvalue weighted by Crippen LogP contribution is 2.22. The Labute approximate surface area is 253 Å². The number of primary amides is 1. The minimum atomic E-state index is -1.46. The van der Waals surface area contributed by atoms with Gasteiger partial charge < -0.3 is 36.8 Å². The molecule has 0 aliphatic carbocycles. The second-order valence-corrected chi connectivity index (χ2v) is 11.7. The zero-order chi connectivity index (χ0) is 31.4. The number of ketones is 1. The van der Waals surface area contributed by atoms with Crippen LogP contribution in [0.4, 0.5) is 4.79 Å². The summed E-state index contributed by atoms with van der Waals surface area (Å²) < 4.78 is 5.29. The standard InChI is InChI=1S/C32H45N5O6/c1-4-32(2,3)37-30(41)27-24(15-16-34-27)28(39)29(40)25(17-21-11-7-5-8-12-21)35-19-23(18-26(33)38)36-31(42)43-20-22-13-9-6-10-14-22/h5-14,23-25,27,29,34-35,40H,4,15-20H2,1-3H3,(H2,33,38)(H,36,42)(H,37,41)/t23-,24?,25-,27?,29-/m0/s1. The Bertz CT molecular complexity index is 1210. The highest BCUT2D eigenvalue weighted by Gasteiger charge is 2.42. The van der Waals surface area contributed by atoms with E-state index in [4.69, 9.17) is 10.5 Å². The normalized spacial score (nSPS) is 18.7. The molecule has 0 saturated carbocycles. The molecule has 3 rings (SSSR count). The van der Waals surface area contributed by atoms with Crippen LogP contribution in [0, 0.1) is 5.92 Å². The van der Waals surface area contributed by atoms with Crippen LogP contribution in [0.1, 0.15) is 51.2 Å². The smallest absolute Gasteiger partial charge is 0.407 e. The lowest BCUT2D eigenvalue weighted by molar-refractivity contribution is -0.137. The van der Waals surface area contributed by atoms with Crippen molar-refractivity contribution in [1.82, 2.24) is 21.3 Å². The molecule has 43 heavy (non-hydrogen) atoms. The third kappa shape index (κ3) is 10.8. The number of aliphatic hydroxyl groups excluding tert-OH is 1. The van der Waals surface area contributed by atoms with Crippen molar-refractivity contribution in [2.24, 2.45) is 11.7 Å². The van der Waals surface area contributed by atoms with Crippen molar-refractivity contribution in [2.45, 2.75) is 82.8 Å². The van der Waals surface area contributed by atoms with Crippen LogP contribution >= 0.6 is 0 Å². The Hall–Kier alpha value is -3.80. The zero-order valence-corrected chi connectivity index (χ0v) is 25.2. The highest BCUT2D eigenvalue weighted by atomic mass is 16.5. The largest absolute Gasteiger partial charge is 0.445 e. The van der Waals surface area contributed by atoms with Gasteiger partial charge in [0.15, 0.2) is 5.78 Å². The maximum atomic E-state index is 13.7. The quantitative estimate of drug-likeness (QED) is 0.170. The summed E-state index contributed by atoms with van der Waals surface area (Å²) in [4.78, 5) is 51.1. The van der Waals surface area contributed by atoms with E-state index in [9.17, 15) is 24.3 Å². The maximum Gasteiger partial charge on any atom is 0.407 e. The molecule has 3 amide bonds. The number of alkyl carbamates (subject to hydrolysis) is 1. The monoisotopic (exact) mass is 595 g/mol. The van der Waals surface area contributed by atoms with Crippen molar-refractivity contribution in [1.29, 1.82) is 0 Å². The Morgan fingerprint density at radius 2 is 1.67 bits per heavy atom. The number of Topliss-reactive ketones (excluding diaryl/α,β-unsaturated/α-hetero) is 1. The number of hydrogen-bond acceptors (Lipinski definition) is 8. The van der Waals surface area contributed by atoms with E-state index in [1.165, 1.54) is 0 Å². The van der Waals surface area contributed by atoms with Gasteiger partial charge in [-0.25, -0.2) is 4.79 Å². The molecular formula is C32H45N5O6. The summed E-state index contributed by atoms with van der Waals surface area (Å²) in [6.45, 7) is 6.35. The number of benzene rings is 2. The van der Waals surface area contributed by atoms with Crippen LogP contribution in [0.2, 0.25) is 0 Å². The fourth-order valence-corrected chi connectivity index (χ4v) is 5.01. The van der Waals surface area contributed by atoms with Crippen molar-refractivity contribution in [3.05, 3.63) is 71.8 Å². The molecule has 7 N–H and O–H groups in total. The van der Waals surface area contributed by atoms with Gasteiger partial charge in [-0.3, -0.25) is 14.4 Å². The number of aliphatic hydroxyl groups is 1. The SMILES string of the molecule is CCC(C)(C)NC(=O)C1NCCC1C(=O)[C@@H](O)[C@H](Cc1ccccc1)NC[C@H](CC(N)=O)NC(=O)OCc1ccccc1. The summed E-state index contributed by atoms with van der Waals surface area (Å²) in [5, 5.41) is 23.3. The molecule has 0 aromatic heterocycles. The summed E-state index contributed by atoms with van der Waals surface area (Å²) >= 11 is 0. The molecule has 0 radical (unpaired) electrons. The van der Waals surface area contributed by atoms with Gasteiger partial charge in [-0.1, -0.05) is 67.6 Å². The molecule has 234 valence electrons. The van der Waals surface area contributed by atoms with Gasteiger partial charge in [0.1, 0.15) is 12.7 Å². The topological polar surface area (TPSA) is 172 Å². The minimum absolute atomic E-state index is 0.0305. The van der Waals surface area contributed by atoms with Gasteiger partial charge in [-0.2, -0.15) is 0 Å². The van der Waals surface area contributed by atoms with Crippen LogP contribution in [0.5, 0.6) is 0 Å². The number of carbonyl (C=O) groups excluding carboxylic acids is 4. The van der Waals surface area contributed by atoms with Gasteiger partial charge in [0.05, 0.1) is 12.1 Å². The first kappa shape index (κ1) is 33.7. The molecule has 2 aromatic carbocycles. The van der Waals surface area contributed by atoms with E-state index in [2.05, 4.69) is 21.3 Å². The second-order valence-electron chi connectivity index (χ2n) is 11.7. The summed E-state index contributed by atoms with van der Waals surface area (Å²) in [5.74, 6) is -2.07. The minimum Gasteiger partial charge on any atom is -0.445 e. The van der Waals surface area contributed by atoms with E-state index in [-0.39, 0.29) is 31.9 Å². The van der Waals surface area contributed by atoms with E-state index in [1.54, 1.807) is 0 Å². The number of nitrogens with two attached hydrogens (primary N) is 1. The molecule has 2 unspecified atom stereocenters. The number of rotatable bonds is 16. The Balaban J connectivity index is 1.71. The summed E-state index contributed by atoms with van der Waals surface area (Å²) in [6.07, 6.45) is -0.950. The van der Waals surface area contributed by atoms with Crippen LogP contribution < -0.4 is 27.0 Å². The highest BCUT2D eigenvalue weighted by molar-refractivity contribution is 5.94. The van der Waals surface area contributed by atoms with Crippen molar-refractivity contribution in [3.8, 4) is 0 Å². The van der Waals surface area contributed by atoms with E-state index in [0.29, 0.717) is 13.0 Å². The van der Waals surface area contributed by atoms with Crippen molar-refractivity contribution < 1.29 is 29.0 Å². The lowest BCUT2D eigenvalue weighted by Gasteiger charge is -2.30. The third-order valence-electron chi connectivity index (χ3n) is 7.80. The lowest BCUT2D eigenvalue weighted by atomic mass is 9.87.